The monoisotopic (exact) mass is 340 g/mol. The van der Waals surface area contributed by atoms with Crippen molar-refractivity contribution in [1.29, 1.82) is 0 Å². The average Bonchev–Trinajstić information content (AvgIpc) is 2.71. The van der Waals surface area contributed by atoms with Crippen LogP contribution in [-0.4, -0.2) is 17.3 Å². The van der Waals surface area contributed by atoms with Crippen LogP contribution in [0.5, 0.6) is 0 Å². The van der Waals surface area contributed by atoms with Crippen molar-refractivity contribution in [3.8, 4) is 0 Å². The van der Waals surface area contributed by atoms with Gasteiger partial charge in [0.25, 0.3) is 0 Å². The van der Waals surface area contributed by atoms with Crippen molar-refractivity contribution in [3.63, 3.8) is 0 Å². The van der Waals surface area contributed by atoms with Crippen molar-refractivity contribution < 1.29 is 14.4 Å². The zero-order valence-electron chi connectivity index (χ0n) is 14.3. The van der Waals surface area contributed by atoms with Gasteiger partial charge in [0.15, 0.2) is 17.3 Å². The van der Waals surface area contributed by atoms with Crippen molar-refractivity contribution in [2.24, 2.45) is 0 Å². The molecule has 0 amide bonds. The second-order valence-corrected chi connectivity index (χ2v) is 6.27. The van der Waals surface area contributed by atoms with Crippen molar-refractivity contribution in [3.05, 3.63) is 106 Å². The fourth-order valence-corrected chi connectivity index (χ4v) is 3.52. The third-order valence-corrected chi connectivity index (χ3v) is 4.82. The maximum Gasteiger partial charge on any atom is 0.195 e. The molecule has 0 heterocycles. The van der Waals surface area contributed by atoms with E-state index in [1.165, 1.54) is 0 Å². The highest BCUT2D eigenvalue weighted by molar-refractivity contribution is 6.32. The smallest absolute Gasteiger partial charge is 0.195 e. The molecule has 3 heteroatoms. The molecule has 3 nitrogen and oxygen atoms in total. The first-order valence-electron chi connectivity index (χ1n) is 8.57. The summed E-state index contributed by atoms with van der Waals surface area (Å²) < 4.78 is 0. The van der Waals surface area contributed by atoms with Crippen molar-refractivity contribution >= 4 is 17.3 Å². The normalized spacial score (nSPS) is 12.5. The zero-order chi connectivity index (χ0) is 18.3. The Bertz CT molecular complexity index is 1060. The van der Waals surface area contributed by atoms with E-state index < -0.39 is 0 Å². The van der Waals surface area contributed by atoms with Gasteiger partial charge >= 0.3 is 0 Å². The molecule has 0 atom stereocenters. The Labute approximate surface area is 151 Å². The minimum atomic E-state index is -0.259. The van der Waals surface area contributed by atoms with Gasteiger partial charge in [-0.05, 0) is 18.1 Å². The molecule has 126 valence electrons. The van der Waals surface area contributed by atoms with E-state index in [0.717, 1.165) is 5.56 Å². The predicted molar refractivity (Wildman–Crippen MR) is 99.0 cm³/mol. The summed E-state index contributed by atoms with van der Waals surface area (Å²) in [6.07, 6.45) is 0.614. The van der Waals surface area contributed by atoms with Crippen LogP contribution in [0.3, 0.4) is 0 Å². The minimum Gasteiger partial charge on any atom is -0.289 e. The number of benzene rings is 3. The Balaban J connectivity index is 1.99. The molecule has 0 saturated carbocycles. The van der Waals surface area contributed by atoms with E-state index in [-0.39, 0.29) is 28.5 Å². The molecule has 3 aromatic rings. The topological polar surface area (TPSA) is 51.2 Å². The summed E-state index contributed by atoms with van der Waals surface area (Å²) in [5.41, 5.74) is 2.95. The number of carbonyl (C=O) groups is 3. The average molecular weight is 340 g/mol. The Morgan fingerprint density at radius 2 is 1.31 bits per heavy atom. The van der Waals surface area contributed by atoms with Gasteiger partial charge < -0.3 is 0 Å². The van der Waals surface area contributed by atoms with Crippen molar-refractivity contribution in [2.75, 3.05) is 0 Å². The lowest BCUT2D eigenvalue weighted by Crippen LogP contribution is -2.25. The molecule has 0 spiro atoms. The summed E-state index contributed by atoms with van der Waals surface area (Å²) in [4.78, 5) is 39.3. The van der Waals surface area contributed by atoms with Gasteiger partial charge in [0, 0.05) is 33.4 Å². The molecule has 1 aliphatic carbocycles. The molecule has 0 saturated heterocycles. The summed E-state index contributed by atoms with van der Waals surface area (Å²) >= 11 is 0. The first-order valence-corrected chi connectivity index (χ1v) is 8.57. The summed E-state index contributed by atoms with van der Waals surface area (Å²) in [6.45, 7) is 1.94. The van der Waals surface area contributed by atoms with Gasteiger partial charge in [-0.15, -0.1) is 0 Å². The van der Waals surface area contributed by atoms with Crippen LogP contribution in [0.25, 0.3) is 0 Å². The lowest BCUT2D eigenvalue weighted by atomic mass is 9.78. The van der Waals surface area contributed by atoms with Gasteiger partial charge in [-0.3, -0.25) is 14.4 Å². The highest BCUT2D eigenvalue weighted by Gasteiger charge is 2.34. The van der Waals surface area contributed by atoms with Crippen LogP contribution in [0, 0.1) is 0 Å². The summed E-state index contributed by atoms with van der Waals surface area (Å²) in [5.74, 6) is -0.690. The summed E-state index contributed by atoms with van der Waals surface area (Å²) in [6, 6.07) is 19.1. The van der Waals surface area contributed by atoms with E-state index in [0.29, 0.717) is 28.7 Å². The van der Waals surface area contributed by atoms with Gasteiger partial charge in [0.1, 0.15) is 0 Å². The van der Waals surface area contributed by atoms with E-state index >= 15 is 0 Å². The van der Waals surface area contributed by atoms with Gasteiger partial charge in [-0.25, -0.2) is 0 Å². The molecule has 0 bridgehead atoms. The minimum absolute atomic E-state index is 0.185. The molecule has 4 rings (SSSR count). The van der Waals surface area contributed by atoms with E-state index in [9.17, 15) is 14.4 Å². The second kappa shape index (κ2) is 6.19. The van der Waals surface area contributed by atoms with E-state index in [1.54, 1.807) is 60.7 Å². The highest BCUT2D eigenvalue weighted by Crippen LogP contribution is 2.33. The fourth-order valence-electron chi connectivity index (χ4n) is 3.52. The highest BCUT2D eigenvalue weighted by atomic mass is 16.1. The van der Waals surface area contributed by atoms with E-state index in [2.05, 4.69) is 0 Å². The fraction of sp³-hybridized carbons (Fsp3) is 0.0870. The molecule has 0 fully saturated rings. The molecule has 0 unspecified atom stereocenters. The van der Waals surface area contributed by atoms with Crippen molar-refractivity contribution in [1.82, 2.24) is 0 Å². The Morgan fingerprint density at radius 3 is 1.92 bits per heavy atom. The lowest BCUT2D eigenvalue weighted by Gasteiger charge is -2.22. The first-order chi connectivity index (χ1) is 12.6. The Hall–Kier alpha value is -3.33. The number of ketones is 3. The standard InChI is InChI=1S/C23H16O3/c1-2-14-12-13-18(21(24)15-8-4-3-5-9-15)20-19(14)22(25)16-10-6-7-11-17(16)23(20)26/h3-13H,2H2,1H3. The third-order valence-electron chi connectivity index (χ3n) is 4.82. The van der Waals surface area contributed by atoms with E-state index in [4.69, 9.17) is 0 Å². The SMILES string of the molecule is CCc1ccc(C(=O)c2ccccc2)c2c1C(=O)c1ccccc1C2=O. The number of hydrogen-bond donors (Lipinski definition) is 0. The van der Waals surface area contributed by atoms with Crippen LogP contribution < -0.4 is 0 Å². The number of aryl methyl sites for hydroxylation is 1. The van der Waals surface area contributed by atoms with Gasteiger partial charge in [0.2, 0.25) is 0 Å². The number of rotatable bonds is 3. The molecule has 0 radical (unpaired) electrons. The second-order valence-electron chi connectivity index (χ2n) is 6.27. The summed E-state index contributed by atoms with van der Waals surface area (Å²) in [7, 11) is 0. The molecule has 26 heavy (non-hydrogen) atoms. The van der Waals surface area contributed by atoms with Crippen LogP contribution in [0.2, 0.25) is 0 Å². The maximum absolute atomic E-state index is 13.2. The lowest BCUT2D eigenvalue weighted by molar-refractivity contribution is 0.0970. The molecule has 3 aromatic carbocycles. The third kappa shape index (κ3) is 2.32. The molecule has 0 N–H and O–H groups in total. The maximum atomic E-state index is 13.2. The van der Waals surface area contributed by atoms with Gasteiger partial charge in [0.05, 0.1) is 0 Å². The molecule has 0 aromatic heterocycles. The first kappa shape index (κ1) is 16.2. The molecule has 0 aliphatic heterocycles. The molecule has 1 aliphatic rings. The number of carbonyl (C=O) groups excluding carboxylic acids is 3. The van der Waals surface area contributed by atoms with Crippen molar-refractivity contribution in [2.45, 2.75) is 13.3 Å². The van der Waals surface area contributed by atoms with E-state index in [1.807, 2.05) is 13.0 Å². The van der Waals surface area contributed by atoms with Crippen LogP contribution in [0.4, 0.5) is 0 Å². The van der Waals surface area contributed by atoms with Gasteiger partial charge in [-0.1, -0.05) is 67.6 Å². The molecular weight excluding hydrogens is 324 g/mol. The quantitative estimate of drug-likeness (QED) is 0.524. The largest absolute Gasteiger partial charge is 0.289 e. The summed E-state index contributed by atoms with van der Waals surface area (Å²) in [5, 5.41) is 0. The molecular formula is C23H16O3. The van der Waals surface area contributed by atoms with Crippen LogP contribution in [-0.2, 0) is 6.42 Å². The van der Waals surface area contributed by atoms with Crippen LogP contribution in [0.1, 0.15) is 60.3 Å². The number of fused-ring (bicyclic) bond motifs is 2. The number of hydrogen-bond acceptors (Lipinski definition) is 3. The zero-order valence-corrected chi connectivity index (χ0v) is 14.3. The Morgan fingerprint density at radius 1 is 0.731 bits per heavy atom. The Kier molecular flexibility index (Phi) is 3.85. The van der Waals surface area contributed by atoms with Crippen LogP contribution in [0.15, 0.2) is 66.7 Å². The van der Waals surface area contributed by atoms with Crippen LogP contribution >= 0.6 is 0 Å². The predicted octanol–water partition coefficient (Wildman–Crippen LogP) is 4.26. The van der Waals surface area contributed by atoms with Gasteiger partial charge in [-0.2, -0.15) is 0 Å².